The monoisotopic (exact) mass is 421 g/mol. The number of amides is 1. The third-order valence-corrected chi connectivity index (χ3v) is 4.96. The summed E-state index contributed by atoms with van der Waals surface area (Å²) in [7, 11) is 0. The van der Waals surface area contributed by atoms with Crippen LogP contribution in [0.15, 0.2) is 28.7 Å². The van der Waals surface area contributed by atoms with Crippen molar-refractivity contribution in [2.24, 2.45) is 5.73 Å². The van der Waals surface area contributed by atoms with Crippen molar-refractivity contribution in [1.29, 1.82) is 0 Å². The van der Waals surface area contributed by atoms with Gasteiger partial charge in [-0.3, -0.25) is 9.59 Å². The summed E-state index contributed by atoms with van der Waals surface area (Å²) in [5.41, 5.74) is 6.71. The number of nitrogens with zero attached hydrogens (tertiary/aromatic N) is 2. The smallest absolute Gasteiger partial charge is 0.305 e. The van der Waals surface area contributed by atoms with Crippen molar-refractivity contribution in [3.63, 3.8) is 0 Å². The normalized spacial score (nSPS) is 17.0. The third-order valence-electron chi connectivity index (χ3n) is 4.47. The molecule has 0 unspecified atom stereocenters. The lowest BCUT2D eigenvalue weighted by Gasteiger charge is -2.26. The predicted octanol–water partition coefficient (Wildman–Crippen LogP) is 2.56. The van der Waals surface area contributed by atoms with Gasteiger partial charge in [-0.05, 0) is 31.0 Å². The van der Waals surface area contributed by atoms with Crippen LogP contribution in [0.1, 0.15) is 29.6 Å². The van der Waals surface area contributed by atoms with Crippen molar-refractivity contribution in [2.45, 2.75) is 25.3 Å². The van der Waals surface area contributed by atoms with Crippen LogP contribution in [0.2, 0.25) is 0 Å². The van der Waals surface area contributed by atoms with Gasteiger partial charge in [-0.15, -0.1) is 0 Å². The van der Waals surface area contributed by atoms with E-state index in [-0.39, 0.29) is 19.1 Å². The Bertz CT molecular complexity index is 843. The van der Waals surface area contributed by atoms with Gasteiger partial charge in [0.1, 0.15) is 5.82 Å². The second kappa shape index (κ2) is 8.01. The highest BCUT2D eigenvalue weighted by atomic mass is 79.9. The molecule has 1 aliphatic rings. The highest BCUT2D eigenvalue weighted by molar-refractivity contribution is 9.10. The Balaban J connectivity index is 1.86. The summed E-state index contributed by atoms with van der Waals surface area (Å²) in [5.74, 6) is -0.677. The van der Waals surface area contributed by atoms with Crippen LogP contribution in [-0.2, 0) is 9.53 Å². The summed E-state index contributed by atoms with van der Waals surface area (Å²) in [6.45, 7) is 1.42. The van der Waals surface area contributed by atoms with Gasteiger partial charge in [0.15, 0.2) is 0 Å². The van der Waals surface area contributed by atoms with Crippen LogP contribution in [0.3, 0.4) is 0 Å². The summed E-state index contributed by atoms with van der Waals surface area (Å²) in [6, 6.07) is 7.37. The molecule has 7 nitrogen and oxygen atoms in total. The minimum absolute atomic E-state index is 0.0131. The SMILES string of the molecule is NC(=O)c1cc(N2CCC[C@H]2COCCC(=O)O)nc2cc(Br)ccc12. The number of carbonyl (C=O) groups excluding carboxylic acids is 1. The minimum Gasteiger partial charge on any atom is -0.481 e. The summed E-state index contributed by atoms with van der Waals surface area (Å²) >= 11 is 3.43. The molecule has 2 aromatic rings. The van der Waals surface area contributed by atoms with E-state index in [4.69, 9.17) is 20.6 Å². The highest BCUT2D eigenvalue weighted by Gasteiger charge is 2.27. The molecule has 1 amide bonds. The zero-order valence-corrected chi connectivity index (χ0v) is 15.7. The Morgan fingerprint density at radius 1 is 1.38 bits per heavy atom. The maximum Gasteiger partial charge on any atom is 0.305 e. The Hall–Kier alpha value is -2.19. The molecule has 1 saturated heterocycles. The quantitative estimate of drug-likeness (QED) is 0.665. The largest absolute Gasteiger partial charge is 0.481 e. The molecule has 138 valence electrons. The number of ether oxygens (including phenoxy) is 1. The molecule has 26 heavy (non-hydrogen) atoms. The number of hydrogen-bond donors (Lipinski definition) is 2. The van der Waals surface area contributed by atoms with Gasteiger partial charge in [0.2, 0.25) is 5.91 Å². The Morgan fingerprint density at radius 3 is 2.92 bits per heavy atom. The van der Waals surface area contributed by atoms with Crippen LogP contribution in [0.5, 0.6) is 0 Å². The van der Waals surface area contributed by atoms with Gasteiger partial charge in [0, 0.05) is 16.4 Å². The second-order valence-electron chi connectivity index (χ2n) is 6.26. The van der Waals surface area contributed by atoms with Gasteiger partial charge in [0.05, 0.1) is 36.8 Å². The number of primary amides is 1. The number of pyridine rings is 1. The van der Waals surface area contributed by atoms with Crippen molar-refractivity contribution in [3.8, 4) is 0 Å². The maximum absolute atomic E-state index is 11.9. The number of anilines is 1. The van der Waals surface area contributed by atoms with Crippen molar-refractivity contribution in [2.75, 3.05) is 24.7 Å². The third kappa shape index (κ3) is 4.13. The second-order valence-corrected chi connectivity index (χ2v) is 7.18. The molecule has 8 heteroatoms. The van der Waals surface area contributed by atoms with Crippen LogP contribution in [-0.4, -0.2) is 47.8 Å². The Labute approximate surface area is 159 Å². The molecule has 1 aromatic heterocycles. The molecule has 1 aromatic carbocycles. The van der Waals surface area contributed by atoms with Gasteiger partial charge in [-0.2, -0.15) is 0 Å². The number of carboxylic acid groups (broad SMARTS) is 1. The zero-order chi connectivity index (χ0) is 18.7. The minimum atomic E-state index is -0.874. The van der Waals surface area contributed by atoms with E-state index in [1.54, 1.807) is 6.07 Å². The first-order valence-electron chi connectivity index (χ1n) is 8.42. The van der Waals surface area contributed by atoms with E-state index in [9.17, 15) is 9.59 Å². The van der Waals surface area contributed by atoms with Gasteiger partial charge in [0.25, 0.3) is 0 Å². The number of carboxylic acids is 1. The van der Waals surface area contributed by atoms with Gasteiger partial charge in [-0.25, -0.2) is 4.98 Å². The number of halogens is 1. The predicted molar refractivity (Wildman–Crippen MR) is 101 cm³/mol. The van der Waals surface area contributed by atoms with Crippen molar-refractivity contribution >= 4 is 44.5 Å². The zero-order valence-electron chi connectivity index (χ0n) is 14.2. The van der Waals surface area contributed by atoms with Crippen molar-refractivity contribution in [3.05, 3.63) is 34.3 Å². The molecule has 0 bridgehead atoms. The van der Waals surface area contributed by atoms with Crippen LogP contribution in [0.4, 0.5) is 5.82 Å². The first-order valence-corrected chi connectivity index (χ1v) is 9.21. The molecule has 3 rings (SSSR count). The molecule has 3 N–H and O–H groups in total. The fourth-order valence-electron chi connectivity index (χ4n) is 3.23. The standard InChI is InChI=1S/C18H20BrN3O4/c19-11-3-4-13-14(18(20)25)9-16(21-15(13)8-11)22-6-1-2-12(22)10-26-7-5-17(23)24/h3-4,8-9,12H,1-2,5-7,10H2,(H2,20,25)(H,23,24)/t12-/m0/s1. The fourth-order valence-corrected chi connectivity index (χ4v) is 3.58. The van der Waals surface area contributed by atoms with E-state index >= 15 is 0 Å². The van der Waals surface area contributed by atoms with Gasteiger partial charge < -0.3 is 20.5 Å². The lowest BCUT2D eigenvalue weighted by molar-refractivity contribution is -0.138. The number of rotatable bonds is 7. The number of fused-ring (bicyclic) bond motifs is 1. The van der Waals surface area contributed by atoms with E-state index in [1.165, 1.54) is 0 Å². The summed E-state index contributed by atoms with van der Waals surface area (Å²) in [6.07, 6.45) is 1.90. The van der Waals surface area contributed by atoms with E-state index < -0.39 is 11.9 Å². The highest BCUT2D eigenvalue weighted by Crippen LogP contribution is 2.29. The molecule has 0 saturated carbocycles. The average molecular weight is 422 g/mol. The number of carbonyl (C=O) groups is 2. The first-order chi connectivity index (χ1) is 12.5. The molecule has 0 radical (unpaired) electrons. The van der Waals surface area contributed by atoms with Crippen LogP contribution in [0, 0.1) is 0 Å². The molecule has 2 heterocycles. The van der Waals surface area contributed by atoms with Crippen LogP contribution in [0.25, 0.3) is 10.9 Å². The van der Waals surface area contributed by atoms with Crippen LogP contribution >= 0.6 is 15.9 Å². The number of hydrogen-bond acceptors (Lipinski definition) is 5. The molecule has 1 atom stereocenters. The summed E-state index contributed by atoms with van der Waals surface area (Å²) in [5, 5.41) is 9.41. The van der Waals surface area contributed by atoms with E-state index in [0.29, 0.717) is 23.5 Å². The topological polar surface area (TPSA) is 106 Å². The fraction of sp³-hybridized carbons (Fsp3) is 0.389. The number of aromatic nitrogens is 1. The molecule has 1 aliphatic heterocycles. The van der Waals surface area contributed by atoms with Crippen LogP contribution < -0.4 is 10.6 Å². The summed E-state index contributed by atoms with van der Waals surface area (Å²) < 4.78 is 6.39. The molecular weight excluding hydrogens is 402 g/mol. The van der Waals surface area contributed by atoms with E-state index in [1.807, 2.05) is 18.2 Å². The van der Waals surface area contributed by atoms with Gasteiger partial charge >= 0.3 is 5.97 Å². The molecule has 0 aliphatic carbocycles. The molecular formula is C18H20BrN3O4. The van der Waals surface area contributed by atoms with Gasteiger partial charge in [-0.1, -0.05) is 22.0 Å². The van der Waals surface area contributed by atoms with Crippen molar-refractivity contribution < 1.29 is 19.4 Å². The lowest BCUT2D eigenvalue weighted by Crippen LogP contribution is -2.34. The molecule has 0 spiro atoms. The van der Waals surface area contributed by atoms with E-state index in [0.717, 1.165) is 29.2 Å². The Morgan fingerprint density at radius 2 is 2.19 bits per heavy atom. The number of benzene rings is 1. The molecule has 1 fully saturated rings. The van der Waals surface area contributed by atoms with Crippen molar-refractivity contribution in [1.82, 2.24) is 4.98 Å². The lowest BCUT2D eigenvalue weighted by atomic mass is 10.1. The number of nitrogens with two attached hydrogens (primary N) is 1. The summed E-state index contributed by atoms with van der Waals surface area (Å²) in [4.78, 5) is 29.3. The average Bonchev–Trinajstić information content (AvgIpc) is 3.05. The van der Waals surface area contributed by atoms with E-state index in [2.05, 4.69) is 20.8 Å². The maximum atomic E-state index is 11.9. The number of aliphatic carboxylic acids is 1. The first kappa shape index (κ1) is 18.6. The Kier molecular flexibility index (Phi) is 5.73.